The van der Waals surface area contributed by atoms with Gasteiger partial charge in [0.25, 0.3) is 0 Å². The third kappa shape index (κ3) is 1.58. The predicted molar refractivity (Wildman–Crippen MR) is 68.1 cm³/mol. The molecule has 0 saturated heterocycles. The van der Waals surface area contributed by atoms with Crippen molar-refractivity contribution in [3.8, 4) is 17.1 Å². The fourth-order valence-corrected chi connectivity index (χ4v) is 2.02. The molecule has 0 unspecified atom stereocenters. The van der Waals surface area contributed by atoms with Gasteiger partial charge in [-0.1, -0.05) is 30.3 Å². The SMILES string of the molecule is Cc1cccc2cc(-c3ccccc3O)oc12. The molecule has 1 heterocycles. The van der Waals surface area contributed by atoms with Crippen molar-refractivity contribution < 1.29 is 9.52 Å². The average Bonchev–Trinajstić information content (AvgIpc) is 2.75. The molecule has 0 bridgehead atoms. The van der Waals surface area contributed by atoms with Crippen LogP contribution in [0.15, 0.2) is 52.9 Å². The van der Waals surface area contributed by atoms with Gasteiger partial charge in [-0.25, -0.2) is 0 Å². The molecule has 0 aliphatic rings. The molecule has 0 atom stereocenters. The summed E-state index contributed by atoms with van der Waals surface area (Å²) in [6, 6.07) is 15.2. The molecule has 2 aromatic carbocycles. The molecule has 0 spiro atoms. The highest BCUT2D eigenvalue weighted by molar-refractivity contribution is 5.86. The maximum atomic E-state index is 9.80. The smallest absolute Gasteiger partial charge is 0.139 e. The number of aromatic hydroxyl groups is 1. The zero-order chi connectivity index (χ0) is 11.8. The number of hydrogen-bond donors (Lipinski definition) is 1. The third-order valence-corrected chi connectivity index (χ3v) is 2.91. The van der Waals surface area contributed by atoms with E-state index in [-0.39, 0.29) is 5.75 Å². The lowest BCUT2D eigenvalue weighted by atomic mass is 10.1. The van der Waals surface area contributed by atoms with E-state index in [1.54, 1.807) is 12.1 Å². The highest BCUT2D eigenvalue weighted by Gasteiger charge is 2.10. The summed E-state index contributed by atoms with van der Waals surface area (Å²) in [6.45, 7) is 2.01. The zero-order valence-electron chi connectivity index (χ0n) is 9.47. The minimum absolute atomic E-state index is 0.240. The first kappa shape index (κ1) is 9.97. The molecule has 2 heteroatoms. The van der Waals surface area contributed by atoms with Crippen LogP contribution in [0, 0.1) is 6.92 Å². The summed E-state index contributed by atoms with van der Waals surface area (Å²) >= 11 is 0. The predicted octanol–water partition coefficient (Wildman–Crippen LogP) is 4.11. The van der Waals surface area contributed by atoms with Crippen LogP contribution >= 0.6 is 0 Å². The van der Waals surface area contributed by atoms with Gasteiger partial charge >= 0.3 is 0 Å². The van der Waals surface area contributed by atoms with Crippen LogP contribution in [0.1, 0.15) is 5.56 Å². The molecule has 2 nitrogen and oxygen atoms in total. The summed E-state index contributed by atoms with van der Waals surface area (Å²) in [5.74, 6) is 0.941. The van der Waals surface area contributed by atoms with Crippen molar-refractivity contribution >= 4 is 11.0 Å². The van der Waals surface area contributed by atoms with Crippen LogP contribution in [0.3, 0.4) is 0 Å². The van der Waals surface area contributed by atoms with Gasteiger partial charge in [0.05, 0.1) is 5.56 Å². The van der Waals surface area contributed by atoms with Crippen molar-refractivity contribution in [1.82, 2.24) is 0 Å². The van der Waals surface area contributed by atoms with E-state index in [9.17, 15) is 5.11 Å². The number of para-hydroxylation sites is 2. The normalized spacial score (nSPS) is 10.9. The van der Waals surface area contributed by atoms with E-state index in [1.165, 1.54) is 0 Å². The Balaban J connectivity index is 2.26. The molecule has 0 radical (unpaired) electrons. The Hall–Kier alpha value is -2.22. The molecule has 0 amide bonds. The zero-order valence-corrected chi connectivity index (χ0v) is 9.47. The van der Waals surface area contributed by atoms with Gasteiger partial charge in [0, 0.05) is 5.39 Å². The molecule has 0 aliphatic carbocycles. The van der Waals surface area contributed by atoms with Gasteiger partial charge in [0.2, 0.25) is 0 Å². The lowest BCUT2D eigenvalue weighted by Crippen LogP contribution is -1.73. The third-order valence-electron chi connectivity index (χ3n) is 2.91. The minimum atomic E-state index is 0.240. The number of aryl methyl sites for hydroxylation is 1. The Bertz CT molecular complexity index is 680. The molecule has 1 aromatic heterocycles. The second kappa shape index (κ2) is 3.67. The first-order valence-electron chi connectivity index (χ1n) is 5.53. The molecule has 3 rings (SSSR count). The van der Waals surface area contributed by atoms with Crippen LogP contribution in [0.2, 0.25) is 0 Å². The largest absolute Gasteiger partial charge is 0.507 e. The molecule has 84 valence electrons. The number of rotatable bonds is 1. The number of phenolic OH excluding ortho intramolecular Hbond substituents is 1. The molecule has 0 fully saturated rings. The lowest BCUT2D eigenvalue weighted by molar-refractivity contribution is 0.474. The van der Waals surface area contributed by atoms with Crippen molar-refractivity contribution in [2.75, 3.05) is 0 Å². The van der Waals surface area contributed by atoms with Crippen molar-refractivity contribution in [3.05, 3.63) is 54.1 Å². The maximum absolute atomic E-state index is 9.80. The standard InChI is InChI=1S/C15H12O2/c1-10-5-4-6-11-9-14(17-15(10)11)12-7-2-3-8-13(12)16/h2-9,16H,1H3. The summed E-state index contributed by atoms with van der Waals surface area (Å²) in [5.41, 5.74) is 2.71. The summed E-state index contributed by atoms with van der Waals surface area (Å²) in [7, 11) is 0. The Kier molecular flexibility index (Phi) is 2.15. The topological polar surface area (TPSA) is 33.4 Å². The quantitative estimate of drug-likeness (QED) is 0.674. The van der Waals surface area contributed by atoms with Crippen LogP contribution in [-0.4, -0.2) is 5.11 Å². The molecule has 1 N–H and O–H groups in total. The van der Waals surface area contributed by atoms with E-state index in [0.717, 1.165) is 22.1 Å². The van der Waals surface area contributed by atoms with Crippen molar-refractivity contribution in [2.24, 2.45) is 0 Å². The first-order chi connectivity index (χ1) is 8.25. The molecular formula is C15H12O2. The Morgan fingerprint density at radius 2 is 1.82 bits per heavy atom. The Labute approximate surface area is 99.1 Å². The van der Waals surface area contributed by atoms with Gasteiger partial charge in [-0.2, -0.15) is 0 Å². The van der Waals surface area contributed by atoms with Gasteiger partial charge < -0.3 is 9.52 Å². The van der Waals surface area contributed by atoms with Crippen molar-refractivity contribution in [1.29, 1.82) is 0 Å². The first-order valence-corrected chi connectivity index (χ1v) is 5.53. The summed E-state index contributed by atoms with van der Waals surface area (Å²) < 4.78 is 5.81. The molecular weight excluding hydrogens is 212 g/mol. The van der Waals surface area contributed by atoms with E-state index >= 15 is 0 Å². The van der Waals surface area contributed by atoms with E-state index in [0.29, 0.717) is 5.76 Å². The summed E-state index contributed by atoms with van der Waals surface area (Å²) in [4.78, 5) is 0. The highest BCUT2D eigenvalue weighted by atomic mass is 16.3. The number of fused-ring (bicyclic) bond motifs is 1. The van der Waals surface area contributed by atoms with Gasteiger partial charge in [0.15, 0.2) is 0 Å². The molecule has 0 aliphatic heterocycles. The highest BCUT2D eigenvalue weighted by Crippen LogP contribution is 2.34. The van der Waals surface area contributed by atoms with Crippen LogP contribution in [0.25, 0.3) is 22.3 Å². The number of hydrogen-bond acceptors (Lipinski definition) is 2. The second-order valence-corrected chi connectivity index (χ2v) is 4.12. The minimum Gasteiger partial charge on any atom is -0.507 e. The van der Waals surface area contributed by atoms with Gasteiger partial charge in [0.1, 0.15) is 17.1 Å². The summed E-state index contributed by atoms with van der Waals surface area (Å²) in [5, 5.41) is 10.9. The van der Waals surface area contributed by atoms with Crippen LogP contribution in [0.5, 0.6) is 5.75 Å². The second-order valence-electron chi connectivity index (χ2n) is 4.12. The molecule has 3 aromatic rings. The van der Waals surface area contributed by atoms with E-state index in [1.807, 2.05) is 43.3 Å². The lowest BCUT2D eigenvalue weighted by Gasteiger charge is -1.99. The average molecular weight is 224 g/mol. The van der Waals surface area contributed by atoms with E-state index in [4.69, 9.17) is 4.42 Å². The summed E-state index contributed by atoms with van der Waals surface area (Å²) in [6.07, 6.45) is 0. The fourth-order valence-electron chi connectivity index (χ4n) is 2.02. The monoisotopic (exact) mass is 224 g/mol. The number of benzene rings is 2. The van der Waals surface area contributed by atoms with Crippen LogP contribution in [0.4, 0.5) is 0 Å². The maximum Gasteiger partial charge on any atom is 0.139 e. The Morgan fingerprint density at radius 1 is 1.00 bits per heavy atom. The van der Waals surface area contributed by atoms with Gasteiger partial charge in [-0.3, -0.25) is 0 Å². The van der Waals surface area contributed by atoms with Crippen molar-refractivity contribution in [2.45, 2.75) is 6.92 Å². The Morgan fingerprint density at radius 3 is 2.59 bits per heavy atom. The fraction of sp³-hybridized carbons (Fsp3) is 0.0667. The number of furan rings is 1. The van der Waals surface area contributed by atoms with Crippen molar-refractivity contribution in [3.63, 3.8) is 0 Å². The van der Waals surface area contributed by atoms with Gasteiger partial charge in [-0.05, 0) is 30.7 Å². The van der Waals surface area contributed by atoms with Crippen LogP contribution in [-0.2, 0) is 0 Å². The van der Waals surface area contributed by atoms with E-state index in [2.05, 4.69) is 0 Å². The van der Waals surface area contributed by atoms with Gasteiger partial charge in [-0.15, -0.1) is 0 Å². The molecule has 0 saturated carbocycles. The van der Waals surface area contributed by atoms with Crippen LogP contribution < -0.4 is 0 Å². The number of phenols is 1. The molecule has 17 heavy (non-hydrogen) atoms. The van der Waals surface area contributed by atoms with E-state index < -0.39 is 0 Å².